The van der Waals surface area contributed by atoms with Crippen LogP contribution in [-0.2, 0) is 0 Å². The van der Waals surface area contributed by atoms with Crippen LogP contribution < -0.4 is 4.90 Å². The molecule has 6 nitrogen and oxygen atoms in total. The lowest BCUT2D eigenvalue weighted by atomic mass is 10.2. The lowest BCUT2D eigenvalue weighted by Gasteiger charge is -2.36. The molecule has 4 rings (SSSR count). The average molecular weight is 450 g/mol. The highest BCUT2D eigenvalue weighted by molar-refractivity contribution is 7.99. The van der Waals surface area contributed by atoms with Crippen molar-refractivity contribution in [3.05, 3.63) is 52.8 Å². The fourth-order valence-electron chi connectivity index (χ4n) is 3.28. The Hall–Kier alpha value is -1.80. The number of piperazine rings is 1. The van der Waals surface area contributed by atoms with Crippen molar-refractivity contribution in [3.8, 4) is 11.5 Å². The van der Waals surface area contributed by atoms with Crippen LogP contribution in [0.5, 0.6) is 0 Å². The topological polar surface area (TPSA) is 58.3 Å². The number of nitrogens with zero attached hydrogens (tertiary/aromatic N) is 5. The Bertz CT molecular complexity index is 932. The van der Waals surface area contributed by atoms with Gasteiger partial charge in [-0.15, -0.1) is 10.2 Å². The van der Waals surface area contributed by atoms with Crippen molar-refractivity contribution in [2.45, 2.75) is 11.6 Å². The zero-order chi connectivity index (χ0) is 20.1. The minimum atomic E-state index is 0.533. The van der Waals surface area contributed by atoms with Crippen LogP contribution in [0.2, 0.25) is 10.0 Å². The molecule has 1 aliphatic rings. The van der Waals surface area contributed by atoms with Crippen LogP contribution in [0.3, 0.4) is 0 Å². The molecule has 0 bridgehead atoms. The van der Waals surface area contributed by atoms with Gasteiger partial charge < -0.3 is 9.32 Å². The molecule has 3 heterocycles. The van der Waals surface area contributed by atoms with Gasteiger partial charge in [0.25, 0.3) is 5.22 Å². The van der Waals surface area contributed by atoms with Gasteiger partial charge in [0.2, 0.25) is 5.89 Å². The fraction of sp³-hybridized carbons (Fsp3) is 0.350. The van der Waals surface area contributed by atoms with E-state index in [-0.39, 0.29) is 0 Å². The van der Waals surface area contributed by atoms with E-state index in [9.17, 15) is 0 Å². The van der Waals surface area contributed by atoms with Crippen LogP contribution in [0.4, 0.5) is 5.69 Å². The minimum Gasteiger partial charge on any atom is -0.411 e. The smallest absolute Gasteiger partial charge is 0.276 e. The van der Waals surface area contributed by atoms with Crippen molar-refractivity contribution in [2.24, 2.45) is 0 Å². The zero-order valence-electron chi connectivity index (χ0n) is 15.8. The Balaban J connectivity index is 1.19. The summed E-state index contributed by atoms with van der Waals surface area (Å²) >= 11 is 14.1. The SMILES string of the molecule is Clc1cccc(N2CCN(CCCSc3nnc(-c4ccncc4)o3)CC2)c1Cl. The van der Waals surface area contributed by atoms with Crippen LogP contribution in [0.1, 0.15) is 6.42 Å². The van der Waals surface area contributed by atoms with Gasteiger partial charge in [0.05, 0.1) is 15.7 Å². The predicted molar refractivity (Wildman–Crippen MR) is 118 cm³/mol. The number of aromatic nitrogens is 3. The summed E-state index contributed by atoms with van der Waals surface area (Å²) in [5.74, 6) is 1.48. The van der Waals surface area contributed by atoms with E-state index in [1.165, 1.54) is 0 Å². The molecule has 0 unspecified atom stereocenters. The van der Waals surface area contributed by atoms with Crippen molar-refractivity contribution in [1.82, 2.24) is 20.1 Å². The summed E-state index contributed by atoms with van der Waals surface area (Å²) in [6.07, 6.45) is 4.49. The Morgan fingerprint density at radius 2 is 1.79 bits per heavy atom. The van der Waals surface area contributed by atoms with E-state index in [4.69, 9.17) is 27.6 Å². The summed E-state index contributed by atoms with van der Waals surface area (Å²) in [5, 5.41) is 10.1. The molecule has 1 saturated heterocycles. The van der Waals surface area contributed by atoms with E-state index in [0.29, 0.717) is 21.2 Å². The third-order valence-corrected chi connectivity index (χ3v) is 6.54. The van der Waals surface area contributed by atoms with Gasteiger partial charge in [-0.05, 0) is 37.2 Å². The van der Waals surface area contributed by atoms with E-state index in [2.05, 4.69) is 25.0 Å². The van der Waals surface area contributed by atoms with Crippen molar-refractivity contribution in [1.29, 1.82) is 0 Å². The number of hydrogen-bond acceptors (Lipinski definition) is 7. The second kappa shape index (κ2) is 9.80. The molecule has 1 fully saturated rings. The van der Waals surface area contributed by atoms with Gasteiger partial charge in [0.1, 0.15) is 0 Å². The molecule has 2 aromatic heterocycles. The molecule has 0 aliphatic carbocycles. The molecule has 0 radical (unpaired) electrons. The van der Waals surface area contributed by atoms with Crippen LogP contribution in [0.25, 0.3) is 11.5 Å². The Labute approximate surface area is 184 Å². The molecular formula is C20H21Cl2N5OS. The van der Waals surface area contributed by atoms with Gasteiger partial charge in [0, 0.05) is 49.9 Å². The van der Waals surface area contributed by atoms with Crippen molar-refractivity contribution in [2.75, 3.05) is 43.4 Å². The number of hydrogen-bond donors (Lipinski definition) is 0. The van der Waals surface area contributed by atoms with Gasteiger partial charge in [-0.1, -0.05) is 41.0 Å². The average Bonchev–Trinajstić information content (AvgIpc) is 3.23. The van der Waals surface area contributed by atoms with Gasteiger partial charge in [-0.25, -0.2) is 0 Å². The summed E-state index contributed by atoms with van der Waals surface area (Å²) in [6, 6.07) is 9.52. The summed E-state index contributed by atoms with van der Waals surface area (Å²) in [4.78, 5) is 8.78. The normalized spacial score (nSPS) is 15.0. The monoisotopic (exact) mass is 449 g/mol. The van der Waals surface area contributed by atoms with Crippen LogP contribution in [0.15, 0.2) is 52.4 Å². The Morgan fingerprint density at radius 1 is 1.00 bits per heavy atom. The first-order valence-corrected chi connectivity index (χ1v) is 11.2. The number of rotatable bonds is 7. The van der Waals surface area contributed by atoms with Crippen LogP contribution >= 0.6 is 35.0 Å². The van der Waals surface area contributed by atoms with Gasteiger partial charge in [0.15, 0.2) is 0 Å². The highest BCUT2D eigenvalue weighted by Gasteiger charge is 2.19. The summed E-state index contributed by atoms with van der Waals surface area (Å²) < 4.78 is 5.72. The molecule has 0 amide bonds. The van der Waals surface area contributed by atoms with E-state index in [1.54, 1.807) is 24.2 Å². The lowest BCUT2D eigenvalue weighted by molar-refractivity contribution is 0.259. The molecule has 1 aliphatic heterocycles. The number of thioether (sulfide) groups is 1. The maximum Gasteiger partial charge on any atom is 0.276 e. The molecule has 0 spiro atoms. The standard InChI is InChI=1S/C20H21Cl2N5OS/c21-16-3-1-4-17(18(16)22)27-12-10-26(11-13-27)9-2-14-29-20-25-24-19(28-20)15-5-7-23-8-6-15/h1,3-8H,2,9-14H2. The molecule has 9 heteroatoms. The van der Waals surface area contributed by atoms with E-state index in [1.807, 2.05) is 30.3 Å². The lowest BCUT2D eigenvalue weighted by Crippen LogP contribution is -2.46. The van der Waals surface area contributed by atoms with Gasteiger partial charge >= 0.3 is 0 Å². The predicted octanol–water partition coefficient (Wildman–Crippen LogP) is 4.74. The quantitative estimate of drug-likeness (QED) is 0.381. The largest absolute Gasteiger partial charge is 0.411 e. The van der Waals surface area contributed by atoms with Crippen molar-refractivity contribution >= 4 is 40.7 Å². The summed E-state index contributed by atoms with van der Waals surface area (Å²) in [5.41, 5.74) is 1.91. The van der Waals surface area contributed by atoms with Crippen LogP contribution in [0, 0.1) is 0 Å². The number of halogens is 2. The highest BCUT2D eigenvalue weighted by Crippen LogP contribution is 2.33. The first-order chi connectivity index (χ1) is 14.2. The van der Waals surface area contributed by atoms with E-state index in [0.717, 1.165) is 56.1 Å². The highest BCUT2D eigenvalue weighted by atomic mass is 35.5. The zero-order valence-corrected chi connectivity index (χ0v) is 18.1. The molecule has 3 aromatic rings. The Morgan fingerprint density at radius 3 is 2.59 bits per heavy atom. The first-order valence-electron chi connectivity index (χ1n) is 9.49. The van der Waals surface area contributed by atoms with Gasteiger partial charge in [-0.3, -0.25) is 9.88 Å². The minimum absolute atomic E-state index is 0.533. The third kappa shape index (κ3) is 5.22. The van der Waals surface area contributed by atoms with Crippen LogP contribution in [-0.4, -0.2) is 58.6 Å². The van der Waals surface area contributed by atoms with E-state index < -0.39 is 0 Å². The maximum absolute atomic E-state index is 6.35. The number of pyridine rings is 1. The molecular weight excluding hydrogens is 429 g/mol. The second-order valence-corrected chi connectivity index (χ2v) is 8.54. The fourth-order valence-corrected chi connectivity index (χ4v) is 4.38. The number of benzene rings is 1. The second-order valence-electron chi connectivity index (χ2n) is 6.71. The Kier molecular flexibility index (Phi) is 6.92. The molecule has 0 N–H and O–H groups in total. The molecule has 29 heavy (non-hydrogen) atoms. The van der Waals surface area contributed by atoms with Crippen molar-refractivity contribution in [3.63, 3.8) is 0 Å². The molecule has 1 aromatic carbocycles. The van der Waals surface area contributed by atoms with E-state index >= 15 is 0 Å². The summed E-state index contributed by atoms with van der Waals surface area (Å²) in [6.45, 7) is 4.98. The number of anilines is 1. The maximum atomic E-state index is 6.35. The summed E-state index contributed by atoms with van der Waals surface area (Å²) in [7, 11) is 0. The first kappa shape index (κ1) is 20.5. The van der Waals surface area contributed by atoms with Gasteiger partial charge in [-0.2, -0.15) is 0 Å². The van der Waals surface area contributed by atoms with Crippen molar-refractivity contribution < 1.29 is 4.42 Å². The molecule has 0 atom stereocenters. The molecule has 152 valence electrons. The molecule has 0 saturated carbocycles. The third-order valence-electron chi connectivity index (χ3n) is 4.82.